The van der Waals surface area contributed by atoms with Gasteiger partial charge in [0.1, 0.15) is 0 Å². The minimum atomic E-state index is -0.218. The maximum atomic E-state index is 4.85. The maximum Gasteiger partial charge on any atom is 0.154 e. The van der Waals surface area contributed by atoms with Crippen LogP contribution in [0.1, 0.15) is 76.8 Å². The second-order valence-corrected chi connectivity index (χ2v) is 15.7. The van der Waals surface area contributed by atoms with Gasteiger partial charge in [0.25, 0.3) is 0 Å². The number of anilines is 2. The van der Waals surface area contributed by atoms with E-state index in [-0.39, 0.29) is 17.4 Å². The molecule has 4 nitrogen and oxygen atoms in total. The Hall–Kier alpha value is -6.91. The third-order valence-electron chi connectivity index (χ3n) is 11.8. The fraction of sp³-hybridized carbons (Fsp3) is 0.145. The molecule has 59 heavy (non-hydrogen) atoms. The number of aliphatic imine (C=N–C) groups is 3. The molecule has 6 aromatic carbocycles. The Labute approximate surface area is 349 Å². The van der Waals surface area contributed by atoms with Gasteiger partial charge in [0.05, 0.1) is 19.1 Å². The van der Waals surface area contributed by atoms with E-state index in [2.05, 4.69) is 177 Å². The first kappa shape index (κ1) is 38.9. The van der Waals surface area contributed by atoms with E-state index in [1.54, 1.807) is 0 Å². The van der Waals surface area contributed by atoms with E-state index in [0.29, 0.717) is 12.4 Å². The summed E-state index contributed by atoms with van der Waals surface area (Å²) in [5, 5.41) is 0. The second-order valence-electron chi connectivity index (χ2n) is 15.7. The first-order valence-corrected chi connectivity index (χ1v) is 20.3. The molecule has 0 spiro atoms. The van der Waals surface area contributed by atoms with Crippen molar-refractivity contribution in [3.05, 3.63) is 220 Å². The van der Waals surface area contributed by atoms with Crippen LogP contribution >= 0.6 is 0 Å². The van der Waals surface area contributed by atoms with Crippen molar-refractivity contribution >= 4 is 48.4 Å². The summed E-state index contributed by atoms with van der Waals surface area (Å²) in [6, 6.07) is 49.4. The lowest BCUT2D eigenvalue weighted by Gasteiger charge is -2.31. The Balaban J connectivity index is 0.000000478. The number of nitrogens with zero attached hydrogens (tertiary/aromatic N) is 4. The molecule has 0 amide bonds. The van der Waals surface area contributed by atoms with Crippen molar-refractivity contribution in [1.82, 2.24) is 0 Å². The zero-order valence-corrected chi connectivity index (χ0v) is 34.2. The van der Waals surface area contributed by atoms with Gasteiger partial charge in [-0.15, -0.1) is 0 Å². The van der Waals surface area contributed by atoms with Gasteiger partial charge in [0.2, 0.25) is 0 Å². The van der Waals surface area contributed by atoms with Gasteiger partial charge in [0, 0.05) is 28.3 Å². The molecular weight excluding hydrogens is 717 g/mol. The second kappa shape index (κ2) is 16.9. The van der Waals surface area contributed by atoms with Crippen LogP contribution in [0.15, 0.2) is 185 Å². The molecule has 2 atom stereocenters. The molecule has 6 aromatic rings. The topological polar surface area (TPSA) is 40.3 Å². The van der Waals surface area contributed by atoms with Gasteiger partial charge in [-0.2, -0.15) is 0 Å². The highest BCUT2D eigenvalue weighted by molar-refractivity contribution is 6.02. The van der Waals surface area contributed by atoms with Gasteiger partial charge >= 0.3 is 0 Å². The number of rotatable bonds is 9. The number of hydrogen-bond donors (Lipinski definition) is 0. The van der Waals surface area contributed by atoms with Crippen LogP contribution in [0.4, 0.5) is 11.4 Å². The van der Waals surface area contributed by atoms with Crippen LogP contribution in [0.5, 0.6) is 0 Å². The number of amidine groups is 1. The van der Waals surface area contributed by atoms with E-state index in [9.17, 15) is 0 Å². The van der Waals surface area contributed by atoms with E-state index in [0.717, 1.165) is 23.2 Å². The molecule has 0 N–H and O–H groups in total. The quantitative estimate of drug-likeness (QED) is 0.107. The molecule has 1 aliphatic heterocycles. The Bertz CT molecular complexity index is 2650. The predicted octanol–water partition coefficient (Wildman–Crippen LogP) is 13.5. The van der Waals surface area contributed by atoms with Gasteiger partial charge in [0.15, 0.2) is 5.84 Å². The average Bonchev–Trinajstić information content (AvgIpc) is 3.73. The molecule has 2 aliphatic carbocycles. The molecule has 0 saturated heterocycles. The highest BCUT2D eigenvalue weighted by atomic mass is 15.2. The molecule has 2 unspecified atom stereocenters. The molecule has 3 aliphatic rings. The number of hydrogen-bond acceptors (Lipinski definition) is 3. The Kier molecular flexibility index (Phi) is 11.2. The Morgan fingerprint density at radius 2 is 1.39 bits per heavy atom. The van der Waals surface area contributed by atoms with Crippen LogP contribution in [0.2, 0.25) is 0 Å². The summed E-state index contributed by atoms with van der Waals surface area (Å²) >= 11 is 0. The standard InChI is InChI=1S/C47H41N3.C8H9N/c1-6-14-37-32(7-2)21-26-43-45(37)40-24-19-34(33-17-12-9-13-18-33)28-44(40)50(43)36-22-25-39-38-23-20-35(27-41(38)47(3,4)42(39)29-36)46(48-5)49-30-31-15-10-8-11-16-31;1-9-7-8-5-3-2-4-6-8/h6-29,40,44H,2,5,30H2,1,3-4H3;2-6H,1,7H2/b14-6-,49-46?;. The monoisotopic (exact) mass is 766 g/mol. The summed E-state index contributed by atoms with van der Waals surface area (Å²) in [5.74, 6) is 0.885. The largest absolute Gasteiger partial charge is 0.333 e. The summed E-state index contributed by atoms with van der Waals surface area (Å²) in [5.41, 5.74) is 17.0. The van der Waals surface area contributed by atoms with Crippen molar-refractivity contribution in [2.75, 3.05) is 4.90 Å². The molecule has 0 aromatic heterocycles. The Morgan fingerprint density at radius 1 is 0.746 bits per heavy atom. The van der Waals surface area contributed by atoms with Crippen LogP contribution in [-0.2, 0) is 18.5 Å². The number of allylic oxidation sites excluding steroid dienone is 3. The van der Waals surface area contributed by atoms with E-state index in [1.807, 2.05) is 54.6 Å². The molecule has 0 bridgehead atoms. The summed E-state index contributed by atoms with van der Waals surface area (Å²) in [6.07, 6.45) is 13.5. The van der Waals surface area contributed by atoms with E-state index in [4.69, 9.17) is 4.99 Å². The summed E-state index contributed by atoms with van der Waals surface area (Å²) < 4.78 is 0. The van der Waals surface area contributed by atoms with E-state index < -0.39 is 0 Å². The summed E-state index contributed by atoms with van der Waals surface area (Å²) in [4.78, 5) is 15.5. The first-order valence-electron chi connectivity index (χ1n) is 20.3. The maximum absolute atomic E-state index is 4.85. The van der Waals surface area contributed by atoms with Crippen LogP contribution in [0.25, 0.3) is 28.9 Å². The van der Waals surface area contributed by atoms with Gasteiger partial charge in [-0.3, -0.25) is 9.98 Å². The lowest BCUT2D eigenvalue weighted by molar-refractivity contribution is 0.659. The minimum Gasteiger partial charge on any atom is -0.333 e. The molecule has 1 heterocycles. The zero-order valence-electron chi connectivity index (χ0n) is 34.2. The fourth-order valence-corrected chi connectivity index (χ4v) is 8.90. The highest BCUT2D eigenvalue weighted by Gasteiger charge is 2.42. The van der Waals surface area contributed by atoms with Crippen molar-refractivity contribution in [1.29, 1.82) is 0 Å². The molecule has 0 fully saturated rings. The van der Waals surface area contributed by atoms with Gasteiger partial charge in [-0.05, 0) is 106 Å². The van der Waals surface area contributed by atoms with Crippen molar-refractivity contribution < 1.29 is 0 Å². The summed E-state index contributed by atoms with van der Waals surface area (Å²) in [7, 11) is 0. The number of benzene rings is 6. The Morgan fingerprint density at radius 3 is 2.03 bits per heavy atom. The van der Waals surface area contributed by atoms with Gasteiger partial charge in [-0.25, -0.2) is 4.99 Å². The fourth-order valence-electron chi connectivity index (χ4n) is 8.90. The molecule has 290 valence electrons. The van der Waals surface area contributed by atoms with Crippen molar-refractivity contribution in [3.8, 4) is 11.1 Å². The van der Waals surface area contributed by atoms with Crippen molar-refractivity contribution in [2.45, 2.75) is 51.2 Å². The molecule has 0 saturated carbocycles. The van der Waals surface area contributed by atoms with Crippen LogP contribution < -0.4 is 4.90 Å². The van der Waals surface area contributed by atoms with Crippen molar-refractivity contribution in [3.63, 3.8) is 0 Å². The zero-order chi connectivity index (χ0) is 40.9. The van der Waals surface area contributed by atoms with Crippen LogP contribution in [0.3, 0.4) is 0 Å². The molecule has 9 rings (SSSR count). The van der Waals surface area contributed by atoms with Crippen molar-refractivity contribution in [2.24, 2.45) is 15.0 Å². The highest BCUT2D eigenvalue weighted by Crippen LogP contribution is 2.54. The normalized spacial score (nSPS) is 16.9. The first-order chi connectivity index (χ1) is 28.9. The molecular formula is C55H50N4. The third-order valence-corrected chi connectivity index (χ3v) is 11.8. The average molecular weight is 767 g/mol. The van der Waals surface area contributed by atoms with E-state index in [1.165, 1.54) is 61.5 Å². The molecule has 4 heteroatoms. The third kappa shape index (κ3) is 7.50. The summed E-state index contributed by atoms with van der Waals surface area (Å²) in [6.45, 7) is 19.5. The van der Waals surface area contributed by atoms with Crippen LogP contribution in [0, 0.1) is 0 Å². The minimum absolute atomic E-state index is 0.132. The smallest absolute Gasteiger partial charge is 0.154 e. The predicted molar refractivity (Wildman–Crippen MR) is 253 cm³/mol. The molecule has 0 radical (unpaired) electrons. The lowest BCUT2D eigenvalue weighted by atomic mass is 9.81. The van der Waals surface area contributed by atoms with Gasteiger partial charge < -0.3 is 4.90 Å². The van der Waals surface area contributed by atoms with E-state index >= 15 is 0 Å². The SMILES string of the molecule is C=Cc1ccc2c(c1/C=C\C)C1C=CC(c3ccccc3)=CC1N2c1ccc2c(c1)C(C)(C)c1cc(C(N=C)=NCc3ccccc3)ccc1-2.C=NCc1ccccc1. The van der Waals surface area contributed by atoms with Crippen LogP contribution in [-0.4, -0.2) is 25.3 Å². The number of fused-ring (bicyclic) bond motifs is 6. The lowest BCUT2D eigenvalue weighted by Crippen LogP contribution is -2.29. The van der Waals surface area contributed by atoms with Gasteiger partial charge in [-0.1, -0.05) is 172 Å².